The lowest BCUT2D eigenvalue weighted by molar-refractivity contribution is -0.124. The van der Waals surface area contributed by atoms with Gasteiger partial charge in [-0.05, 0) is 19.1 Å². The lowest BCUT2D eigenvalue weighted by Crippen LogP contribution is -2.41. The predicted molar refractivity (Wildman–Crippen MR) is 59.4 cm³/mol. The van der Waals surface area contributed by atoms with Crippen molar-refractivity contribution >= 4 is 15.9 Å². The summed E-state index contributed by atoms with van der Waals surface area (Å²) in [5.74, 6) is -0.485. The van der Waals surface area contributed by atoms with Crippen molar-refractivity contribution in [2.24, 2.45) is 0 Å². The van der Waals surface area contributed by atoms with Gasteiger partial charge in [0.25, 0.3) is 5.91 Å². The van der Waals surface area contributed by atoms with E-state index in [1.807, 2.05) is 6.92 Å². The second-order valence-electron chi connectivity index (χ2n) is 3.76. The summed E-state index contributed by atoms with van der Waals surface area (Å²) in [5, 5.41) is 0. The van der Waals surface area contributed by atoms with E-state index in [2.05, 4.69) is 15.0 Å². The third kappa shape index (κ3) is 2.63. The standard InChI is InChI=1S/C10H12N2O4S/c1-7-2-4-8(5-3-7)17(14,15)12-9-6-16-11-10(9)13/h2-5,9,12H,6H2,1H3,(H,11,13)/t9-/m1/s1. The van der Waals surface area contributed by atoms with Gasteiger partial charge >= 0.3 is 0 Å². The fourth-order valence-corrected chi connectivity index (χ4v) is 2.58. The summed E-state index contributed by atoms with van der Waals surface area (Å²) < 4.78 is 26.1. The number of amides is 1. The maximum Gasteiger partial charge on any atom is 0.264 e. The first-order chi connectivity index (χ1) is 7.99. The van der Waals surface area contributed by atoms with Crippen molar-refractivity contribution in [1.82, 2.24) is 10.2 Å². The number of aryl methyl sites for hydroxylation is 1. The highest BCUT2D eigenvalue weighted by atomic mass is 32.2. The van der Waals surface area contributed by atoms with E-state index in [4.69, 9.17) is 0 Å². The first-order valence-corrected chi connectivity index (χ1v) is 6.48. The maximum atomic E-state index is 11.9. The SMILES string of the molecule is Cc1ccc(S(=O)(=O)N[C@@H]2CONC2=O)cc1. The Hall–Kier alpha value is -1.44. The van der Waals surface area contributed by atoms with Crippen molar-refractivity contribution in [3.8, 4) is 0 Å². The Balaban J connectivity index is 2.19. The number of rotatable bonds is 3. The van der Waals surface area contributed by atoms with Gasteiger partial charge in [0.05, 0.1) is 4.90 Å². The average molecular weight is 256 g/mol. The van der Waals surface area contributed by atoms with Crippen LogP contribution in [-0.2, 0) is 19.7 Å². The molecule has 1 amide bonds. The smallest absolute Gasteiger partial charge is 0.264 e. The van der Waals surface area contributed by atoms with Crippen LogP contribution in [0.25, 0.3) is 0 Å². The lowest BCUT2D eigenvalue weighted by Gasteiger charge is -2.09. The first kappa shape index (κ1) is 12.0. The quantitative estimate of drug-likeness (QED) is 0.778. The van der Waals surface area contributed by atoms with Crippen LogP contribution in [0.15, 0.2) is 29.2 Å². The molecular weight excluding hydrogens is 244 g/mol. The Kier molecular flexibility index (Phi) is 3.14. The first-order valence-electron chi connectivity index (χ1n) is 5.00. The van der Waals surface area contributed by atoms with Crippen LogP contribution in [0.3, 0.4) is 0 Å². The minimum atomic E-state index is -3.68. The van der Waals surface area contributed by atoms with Gasteiger partial charge in [0.2, 0.25) is 10.0 Å². The molecule has 0 aromatic heterocycles. The number of sulfonamides is 1. The highest BCUT2D eigenvalue weighted by Crippen LogP contribution is 2.11. The molecule has 1 atom stereocenters. The van der Waals surface area contributed by atoms with Crippen molar-refractivity contribution in [2.75, 3.05) is 6.61 Å². The molecule has 17 heavy (non-hydrogen) atoms. The summed E-state index contributed by atoms with van der Waals surface area (Å²) >= 11 is 0. The zero-order valence-corrected chi connectivity index (χ0v) is 9.95. The summed E-state index contributed by atoms with van der Waals surface area (Å²) in [7, 11) is -3.68. The normalized spacial score (nSPS) is 20.3. The zero-order chi connectivity index (χ0) is 12.5. The van der Waals surface area contributed by atoms with Gasteiger partial charge in [0.1, 0.15) is 12.6 Å². The van der Waals surface area contributed by atoms with Crippen molar-refractivity contribution < 1.29 is 18.0 Å². The average Bonchev–Trinajstić information content (AvgIpc) is 2.64. The van der Waals surface area contributed by atoms with Crippen LogP contribution in [0.1, 0.15) is 5.56 Å². The van der Waals surface area contributed by atoms with Crippen molar-refractivity contribution in [2.45, 2.75) is 17.9 Å². The van der Waals surface area contributed by atoms with E-state index in [-0.39, 0.29) is 11.5 Å². The second-order valence-corrected chi connectivity index (χ2v) is 5.48. The Bertz CT molecular complexity index is 524. The van der Waals surface area contributed by atoms with Crippen LogP contribution >= 0.6 is 0 Å². The fourth-order valence-electron chi connectivity index (χ4n) is 1.40. The molecule has 6 nitrogen and oxygen atoms in total. The number of hydrogen-bond donors (Lipinski definition) is 2. The molecule has 1 heterocycles. The number of hydrogen-bond acceptors (Lipinski definition) is 4. The summed E-state index contributed by atoms with van der Waals surface area (Å²) in [6.45, 7) is 1.85. The molecule has 1 aromatic rings. The lowest BCUT2D eigenvalue weighted by atomic mass is 10.2. The van der Waals surface area contributed by atoms with E-state index >= 15 is 0 Å². The second kappa shape index (κ2) is 4.44. The molecule has 1 aliphatic heterocycles. The fraction of sp³-hybridized carbons (Fsp3) is 0.300. The molecular formula is C10H12N2O4S. The number of benzene rings is 1. The van der Waals surface area contributed by atoms with Crippen LogP contribution in [0.4, 0.5) is 0 Å². The van der Waals surface area contributed by atoms with Gasteiger partial charge < -0.3 is 0 Å². The molecule has 1 aliphatic rings. The van der Waals surface area contributed by atoms with E-state index in [0.29, 0.717) is 0 Å². The number of hydroxylamine groups is 1. The predicted octanol–water partition coefficient (Wildman–Crippen LogP) is -0.297. The van der Waals surface area contributed by atoms with Crippen LogP contribution in [0.5, 0.6) is 0 Å². The van der Waals surface area contributed by atoms with Crippen molar-refractivity contribution in [1.29, 1.82) is 0 Å². The molecule has 1 saturated heterocycles. The topological polar surface area (TPSA) is 84.5 Å². The van der Waals surface area contributed by atoms with Gasteiger partial charge in [-0.1, -0.05) is 17.7 Å². The maximum absolute atomic E-state index is 11.9. The van der Waals surface area contributed by atoms with Gasteiger partial charge in [-0.2, -0.15) is 4.72 Å². The molecule has 2 N–H and O–H groups in total. The molecule has 0 unspecified atom stereocenters. The minimum Gasteiger partial charge on any atom is -0.271 e. The number of nitrogens with one attached hydrogen (secondary N) is 2. The van der Waals surface area contributed by atoms with Crippen LogP contribution in [-0.4, -0.2) is 27.0 Å². The minimum absolute atomic E-state index is 0.01000. The molecule has 7 heteroatoms. The van der Waals surface area contributed by atoms with Crippen LogP contribution in [0, 0.1) is 6.92 Å². The number of carbonyl (C=O) groups is 1. The third-order valence-electron chi connectivity index (χ3n) is 2.37. The monoisotopic (exact) mass is 256 g/mol. The Morgan fingerprint density at radius 1 is 1.35 bits per heavy atom. The summed E-state index contributed by atoms with van der Waals surface area (Å²) in [6.07, 6.45) is 0. The summed E-state index contributed by atoms with van der Waals surface area (Å²) in [6, 6.07) is 5.50. The molecule has 0 bridgehead atoms. The van der Waals surface area contributed by atoms with E-state index in [9.17, 15) is 13.2 Å². The summed E-state index contributed by atoms with van der Waals surface area (Å²) in [5.41, 5.74) is 3.05. The Morgan fingerprint density at radius 2 is 2.00 bits per heavy atom. The highest BCUT2D eigenvalue weighted by Gasteiger charge is 2.30. The molecule has 2 rings (SSSR count). The third-order valence-corrected chi connectivity index (χ3v) is 3.86. The van der Waals surface area contributed by atoms with E-state index in [1.54, 1.807) is 12.1 Å². The molecule has 0 aliphatic carbocycles. The van der Waals surface area contributed by atoms with Crippen LogP contribution in [0.2, 0.25) is 0 Å². The molecule has 1 aromatic carbocycles. The van der Waals surface area contributed by atoms with Gasteiger partial charge in [-0.25, -0.2) is 13.9 Å². The number of carbonyl (C=O) groups excluding carboxylic acids is 1. The van der Waals surface area contributed by atoms with E-state index in [0.717, 1.165) is 5.56 Å². The molecule has 0 saturated carbocycles. The van der Waals surface area contributed by atoms with Gasteiger partial charge in [-0.15, -0.1) is 0 Å². The molecule has 0 radical (unpaired) electrons. The molecule has 0 spiro atoms. The molecule has 92 valence electrons. The highest BCUT2D eigenvalue weighted by molar-refractivity contribution is 7.89. The van der Waals surface area contributed by atoms with E-state index < -0.39 is 22.0 Å². The van der Waals surface area contributed by atoms with Gasteiger partial charge in [-0.3, -0.25) is 9.63 Å². The largest absolute Gasteiger partial charge is 0.271 e. The van der Waals surface area contributed by atoms with E-state index in [1.165, 1.54) is 12.1 Å². The van der Waals surface area contributed by atoms with Gasteiger partial charge in [0, 0.05) is 0 Å². The Morgan fingerprint density at radius 3 is 2.53 bits per heavy atom. The van der Waals surface area contributed by atoms with Crippen molar-refractivity contribution in [3.05, 3.63) is 29.8 Å². The van der Waals surface area contributed by atoms with Crippen LogP contribution < -0.4 is 10.2 Å². The van der Waals surface area contributed by atoms with Crippen molar-refractivity contribution in [3.63, 3.8) is 0 Å². The zero-order valence-electron chi connectivity index (χ0n) is 9.14. The summed E-state index contributed by atoms with van der Waals surface area (Å²) in [4.78, 5) is 15.9. The van der Waals surface area contributed by atoms with Gasteiger partial charge in [0.15, 0.2) is 0 Å². The Labute approximate surface area is 99.0 Å². The molecule has 1 fully saturated rings.